The Balaban J connectivity index is 1.56. The lowest BCUT2D eigenvalue weighted by Gasteiger charge is -2.39. The Bertz CT molecular complexity index is 940. The predicted octanol–water partition coefficient (Wildman–Crippen LogP) is 2.24. The Hall–Kier alpha value is -2.81. The minimum atomic E-state index is -0.0816. The van der Waals surface area contributed by atoms with E-state index in [1.165, 1.54) is 5.56 Å². The summed E-state index contributed by atoms with van der Waals surface area (Å²) in [4.78, 5) is 4.95. The Kier molecular flexibility index (Phi) is 7.24. The molecule has 8 nitrogen and oxygen atoms in total. The van der Waals surface area contributed by atoms with E-state index in [9.17, 15) is 0 Å². The standard InChI is InChI=1S/C23H30N6O2/c1-30-17-16-29-23(24-25-26-29)22(20-10-6-7-11-21(20)31-2)28-14-12-27(13-15-28)18-19-8-4-3-5-9-19/h3-11,22H,12-18H2,1-2H3/t22-/m0/s1. The van der Waals surface area contributed by atoms with Crippen LogP contribution in [0.3, 0.4) is 0 Å². The highest BCUT2D eigenvalue weighted by atomic mass is 16.5. The minimum absolute atomic E-state index is 0.0816. The quantitative estimate of drug-likeness (QED) is 0.524. The van der Waals surface area contributed by atoms with Crippen molar-refractivity contribution in [3.63, 3.8) is 0 Å². The highest BCUT2D eigenvalue weighted by Crippen LogP contribution is 2.34. The number of benzene rings is 2. The van der Waals surface area contributed by atoms with E-state index >= 15 is 0 Å². The van der Waals surface area contributed by atoms with Crippen LogP contribution in [-0.2, 0) is 17.8 Å². The second kappa shape index (κ2) is 10.5. The molecule has 0 bridgehead atoms. The summed E-state index contributed by atoms with van der Waals surface area (Å²) < 4.78 is 12.8. The van der Waals surface area contributed by atoms with Crippen molar-refractivity contribution >= 4 is 0 Å². The van der Waals surface area contributed by atoms with Gasteiger partial charge in [0.15, 0.2) is 5.82 Å². The van der Waals surface area contributed by atoms with Crippen LogP contribution in [0.4, 0.5) is 0 Å². The highest BCUT2D eigenvalue weighted by Gasteiger charge is 2.32. The molecule has 0 N–H and O–H groups in total. The molecule has 0 saturated carbocycles. The third-order valence-electron chi connectivity index (χ3n) is 5.77. The van der Waals surface area contributed by atoms with Crippen LogP contribution in [0.2, 0.25) is 0 Å². The van der Waals surface area contributed by atoms with Gasteiger partial charge in [0.05, 0.1) is 20.3 Å². The van der Waals surface area contributed by atoms with Gasteiger partial charge in [-0.15, -0.1) is 5.10 Å². The first kappa shape index (κ1) is 21.4. The van der Waals surface area contributed by atoms with Gasteiger partial charge in [0.1, 0.15) is 11.8 Å². The van der Waals surface area contributed by atoms with E-state index < -0.39 is 0 Å². The fraction of sp³-hybridized carbons (Fsp3) is 0.435. The molecule has 2 aromatic carbocycles. The maximum atomic E-state index is 5.70. The average molecular weight is 423 g/mol. The van der Waals surface area contributed by atoms with Crippen molar-refractivity contribution in [2.45, 2.75) is 19.1 Å². The van der Waals surface area contributed by atoms with Crippen LogP contribution in [0.15, 0.2) is 54.6 Å². The molecule has 1 aliphatic rings. The Morgan fingerprint density at radius 2 is 1.68 bits per heavy atom. The Labute approximate surface area is 183 Å². The lowest BCUT2D eigenvalue weighted by atomic mass is 10.0. The maximum absolute atomic E-state index is 5.70. The molecule has 0 unspecified atom stereocenters. The van der Waals surface area contributed by atoms with Crippen LogP contribution in [0, 0.1) is 0 Å². The molecule has 0 amide bonds. The highest BCUT2D eigenvalue weighted by molar-refractivity contribution is 5.39. The summed E-state index contributed by atoms with van der Waals surface area (Å²) in [6.45, 7) is 5.96. The number of hydrogen-bond donors (Lipinski definition) is 0. The Morgan fingerprint density at radius 3 is 2.42 bits per heavy atom. The van der Waals surface area contributed by atoms with Gasteiger partial charge in [-0.25, -0.2) is 4.68 Å². The SMILES string of the molecule is COCCn1nnnc1[C@H](c1ccccc1OC)N1CCN(Cc2ccccc2)CC1. The molecule has 0 spiro atoms. The van der Waals surface area contributed by atoms with Crippen molar-refractivity contribution in [1.82, 2.24) is 30.0 Å². The van der Waals surface area contributed by atoms with Crippen LogP contribution in [0.5, 0.6) is 5.75 Å². The lowest BCUT2D eigenvalue weighted by Crippen LogP contribution is -2.48. The normalized spacial score (nSPS) is 16.3. The van der Waals surface area contributed by atoms with E-state index in [0.29, 0.717) is 13.2 Å². The van der Waals surface area contributed by atoms with Gasteiger partial charge in [0.2, 0.25) is 0 Å². The molecule has 0 radical (unpaired) electrons. The van der Waals surface area contributed by atoms with Crippen molar-refractivity contribution < 1.29 is 9.47 Å². The zero-order valence-corrected chi connectivity index (χ0v) is 18.2. The molecular formula is C23H30N6O2. The van der Waals surface area contributed by atoms with Crippen molar-refractivity contribution in [2.24, 2.45) is 0 Å². The zero-order chi connectivity index (χ0) is 21.5. The van der Waals surface area contributed by atoms with Gasteiger partial charge in [-0.1, -0.05) is 48.5 Å². The summed E-state index contributed by atoms with van der Waals surface area (Å²) >= 11 is 0. The fourth-order valence-electron chi connectivity index (χ4n) is 4.16. The average Bonchev–Trinajstić information content (AvgIpc) is 3.28. The molecule has 164 valence electrons. The van der Waals surface area contributed by atoms with Crippen molar-refractivity contribution in [3.05, 3.63) is 71.5 Å². The number of hydrogen-bond acceptors (Lipinski definition) is 7. The molecule has 1 aliphatic heterocycles. The predicted molar refractivity (Wildman–Crippen MR) is 118 cm³/mol. The molecule has 31 heavy (non-hydrogen) atoms. The first-order valence-corrected chi connectivity index (χ1v) is 10.7. The molecule has 0 aliphatic carbocycles. The van der Waals surface area contributed by atoms with Crippen molar-refractivity contribution in [1.29, 1.82) is 0 Å². The van der Waals surface area contributed by atoms with E-state index in [-0.39, 0.29) is 6.04 Å². The van der Waals surface area contributed by atoms with Gasteiger partial charge in [0.25, 0.3) is 0 Å². The molecule has 2 heterocycles. The van der Waals surface area contributed by atoms with E-state index in [4.69, 9.17) is 9.47 Å². The summed E-state index contributed by atoms with van der Waals surface area (Å²) in [5, 5.41) is 12.6. The summed E-state index contributed by atoms with van der Waals surface area (Å²) in [5.41, 5.74) is 2.43. The van der Waals surface area contributed by atoms with Crippen LogP contribution < -0.4 is 4.74 Å². The summed E-state index contributed by atoms with van der Waals surface area (Å²) in [6.07, 6.45) is 0. The maximum Gasteiger partial charge on any atom is 0.173 e. The Morgan fingerprint density at radius 1 is 0.935 bits per heavy atom. The summed E-state index contributed by atoms with van der Waals surface area (Å²) in [7, 11) is 3.40. The van der Waals surface area contributed by atoms with Gasteiger partial charge in [0, 0.05) is 45.4 Å². The molecule has 3 aromatic rings. The number of aromatic nitrogens is 4. The summed E-state index contributed by atoms with van der Waals surface area (Å²) in [6, 6.07) is 18.7. The van der Waals surface area contributed by atoms with Crippen LogP contribution in [0.25, 0.3) is 0 Å². The first-order chi connectivity index (χ1) is 15.3. The van der Waals surface area contributed by atoms with Crippen LogP contribution in [0.1, 0.15) is 23.0 Å². The largest absolute Gasteiger partial charge is 0.496 e. The van der Waals surface area contributed by atoms with E-state index in [1.54, 1.807) is 14.2 Å². The molecule has 1 saturated heterocycles. The van der Waals surface area contributed by atoms with Gasteiger partial charge in [-0.2, -0.15) is 0 Å². The molecule has 1 atom stereocenters. The number of tetrazole rings is 1. The molecule has 4 rings (SSSR count). The van der Waals surface area contributed by atoms with Gasteiger partial charge in [-0.05, 0) is 22.1 Å². The smallest absolute Gasteiger partial charge is 0.173 e. The van der Waals surface area contributed by atoms with Crippen LogP contribution in [-0.4, -0.2) is 77.0 Å². The molecule has 1 fully saturated rings. The fourth-order valence-corrected chi connectivity index (χ4v) is 4.16. The molecule has 8 heteroatoms. The van der Waals surface area contributed by atoms with Crippen molar-refractivity contribution in [2.75, 3.05) is 47.0 Å². The van der Waals surface area contributed by atoms with Gasteiger partial charge in [-0.3, -0.25) is 9.80 Å². The number of rotatable bonds is 9. The number of para-hydroxylation sites is 1. The van der Waals surface area contributed by atoms with E-state index in [1.807, 2.05) is 22.9 Å². The van der Waals surface area contributed by atoms with Crippen LogP contribution >= 0.6 is 0 Å². The number of piperazine rings is 1. The van der Waals surface area contributed by atoms with Gasteiger partial charge >= 0.3 is 0 Å². The molecular weight excluding hydrogens is 392 g/mol. The third-order valence-corrected chi connectivity index (χ3v) is 5.77. The molecule has 1 aromatic heterocycles. The topological polar surface area (TPSA) is 68.5 Å². The second-order valence-electron chi connectivity index (χ2n) is 7.70. The third kappa shape index (κ3) is 5.10. The first-order valence-electron chi connectivity index (χ1n) is 10.7. The van der Waals surface area contributed by atoms with E-state index in [2.05, 4.69) is 61.7 Å². The van der Waals surface area contributed by atoms with E-state index in [0.717, 1.165) is 49.9 Å². The van der Waals surface area contributed by atoms with Crippen molar-refractivity contribution in [3.8, 4) is 5.75 Å². The summed E-state index contributed by atoms with van der Waals surface area (Å²) in [5.74, 6) is 1.67. The zero-order valence-electron chi connectivity index (χ0n) is 18.2. The number of nitrogens with zero attached hydrogens (tertiary/aromatic N) is 6. The monoisotopic (exact) mass is 422 g/mol. The number of ether oxygens (including phenoxy) is 2. The minimum Gasteiger partial charge on any atom is -0.496 e. The number of methoxy groups -OCH3 is 2. The lowest BCUT2D eigenvalue weighted by molar-refractivity contribution is 0.0979. The second-order valence-corrected chi connectivity index (χ2v) is 7.70. The van der Waals surface area contributed by atoms with Gasteiger partial charge < -0.3 is 9.47 Å².